The molecule has 0 bridgehead atoms. The van der Waals surface area contributed by atoms with Gasteiger partial charge in [0.05, 0.1) is 18.1 Å². The fourth-order valence-corrected chi connectivity index (χ4v) is 1.28. The molecule has 0 saturated heterocycles. The van der Waals surface area contributed by atoms with E-state index in [1.54, 1.807) is 7.05 Å². The fraction of sp³-hybridized carbons (Fsp3) is 0.0909. The third-order valence-corrected chi connectivity index (χ3v) is 2.08. The molecule has 17 heavy (non-hydrogen) atoms. The van der Waals surface area contributed by atoms with E-state index in [2.05, 4.69) is 20.6 Å². The maximum absolute atomic E-state index is 13.3. The van der Waals surface area contributed by atoms with Gasteiger partial charge in [0.15, 0.2) is 5.82 Å². The Bertz CT molecular complexity index is 531. The van der Waals surface area contributed by atoms with Crippen LogP contribution in [0.25, 0.3) is 0 Å². The third kappa shape index (κ3) is 2.66. The smallest absolute Gasteiger partial charge is 0.151 e. The van der Waals surface area contributed by atoms with Gasteiger partial charge in [-0.05, 0) is 12.1 Å². The lowest BCUT2D eigenvalue weighted by molar-refractivity contribution is 0.603. The van der Waals surface area contributed by atoms with E-state index in [1.807, 2.05) is 0 Å². The molecule has 0 saturated carbocycles. The van der Waals surface area contributed by atoms with E-state index in [0.717, 1.165) is 18.2 Å². The maximum Gasteiger partial charge on any atom is 0.151 e. The average Bonchev–Trinajstić information content (AvgIpc) is 2.34. The molecule has 0 fully saturated rings. The van der Waals surface area contributed by atoms with Crippen molar-refractivity contribution in [3.63, 3.8) is 0 Å². The van der Waals surface area contributed by atoms with E-state index in [0.29, 0.717) is 11.6 Å². The number of rotatable bonds is 3. The molecule has 4 nitrogen and oxygen atoms in total. The highest BCUT2D eigenvalue weighted by atomic mass is 19.1. The lowest BCUT2D eigenvalue weighted by Gasteiger charge is -2.07. The minimum absolute atomic E-state index is 0.0209. The summed E-state index contributed by atoms with van der Waals surface area (Å²) in [6, 6.07) is 3.16. The van der Waals surface area contributed by atoms with Gasteiger partial charge >= 0.3 is 0 Å². The molecular weight excluding hydrogens is 226 g/mol. The molecule has 88 valence electrons. The van der Waals surface area contributed by atoms with Crippen LogP contribution in [-0.4, -0.2) is 17.0 Å². The Morgan fingerprint density at radius 1 is 1.12 bits per heavy atom. The highest BCUT2D eigenvalue weighted by Crippen LogP contribution is 2.19. The van der Waals surface area contributed by atoms with Crippen molar-refractivity contribution in [3.8, 4) is 0 Å². The van der Waals surface area contributed by atoms with Crippen LogP contribution < -0.4 is 10.6 Å². The summed E-state index contributed by atoms with van der Waals surface area (Å²) in [5.74, 6) is -0.206. The van der Waals surface area contributed by atoms with Crippen molar-refractivity contribution in [3.05, 3.63) is 42.2 Å². The van der Waals surface area contributed by atoms with Gasteiger partial charge in [-0.25, -0.2) is 13.8 Å². The van der Waals surface area contributed by atoms with Gasteiger partial charge in [-0.2, -0.15) is 0 Å². The van der Waals surface area contributed by atoms with E-state index in [4.69, 9.17) is 0 Å². The number of nitrogens with zero attached hydrogens (tertiary/aromatic N) is 2. The molecule has 0 aliphatic heterocycles. The maximum atomic E-state index is 13.3. The number of halogens is 2. The van der Waals surface area contributed by atoms with Crippen LogP contribution in [0, 0.1) is 11.6 Å². The highest BCUT2D eigenvalue weighted by Gasteiger charge is 2.05. The number of benzene rings is 1. The Labute approximate surface area is 96.7 Å². The van der Waals surface area contributed by atoms with Crippen molar-refractivity contribution in [1.82, 2.24) is 9.97 Å². The van der Waals surface area contributed by atoms with Gasteiger partial charge in [-0.15, -0.1) is 0 Å². The first-order chi connectivity index (χ1) is 8.19. The van der Waals surface area contributed by atoms with Crippen molar-refractivity contribution in [2.75, 3.05) is 17.7 Å². The highest BCUT2D eigenvalue weighted by molar-refractivity contribution is 5.57. The molecular formula is C11H10F2N4. The first-order valence-electron chi connectivity index (χ1n) is 4.91. The Hall–Kier alpha value is -2.24. The van der Waals surface area contributed by atoms with Crippen molar-refractivity contribution < 1.29 is 8.78 Å². The molecule has 2 aromatic rings. The van der Waals surface area contributed by atoms with Crippen LogP contribution in [0.15, 0.2) is 30.6 Å². The van der Waals surface area contributed by atoms with Crippen LogP contribution in [0.3, 0.4) is 0 Å². The number of hydrogen-bond acceptors (Lipinski definition) is 4. The quantitative estimate of drug-likeness (QED) is 0.859. The molecule has 1 aromatic heterocycles. The Morgan fingerprint density at radius 2 is 1.88 bits per heavy atom. The van der Waals surface area contributed by atoms with Gasteiger partial charge in [-0.1, -0.05) is 0 Å². The Kier molecular flexibility index (Phi) is 3.13. The molecule has 2 rings (SSSR count). The van der Waals surface area contributed by atoms with Gasteiger partial charge < -0.3 is 10.6 Å². The van der Waals surface area contributed by atoms with E-state index in [1.165, 1.54) is 12.4 Å². The van der Waals surface area contributed by atoms with Crippen LogP contribution in [0.4, 0.5) is 26.1 Å². The van der Waals surface area contributed by atoms with Gasteiger partial charge in [-0.3, -0.25) is 4.98 Å². The summed E-state index contributed by atoms with van der Waals surface area (Å²) in [4.78, 5) is 7.98. The molecule has 6 heteroatoms. The number of nitrogens with one attached hydrogen (secondary N) is 2. The first kappa shape index (κ1) is 11.3. The van der Waals surface area contributed by atoms with Gasteiger partial charge in [0, 0.05) is 13.1 Å². The second-order valence-electron chi connectivity index (χ2n) is 3.29. The molecule has 0 unspecified atom stereocenters. The molecule has 0 aliphatic carbocycles. The summed E-state index contributed by atoms with van der Waals surface area (Å²) < 4.78 is 26.3. The zero-order valence-corrected chi connectivity index (χ0v) is 9.04. The van der Waals surface area contributed by atoms with Crippen LogP contribution >= 0.6 is 0 Å². The van der Waals surface area contributed by atoms with Gasteiger partial charge in [0.1, 0.15) is 17.5 Å². The molecule has 0 radical (unpaired) electrons. The number of aromatic nitrogens is 2. The molecule has 0 aliphatic rings. The average molecular weight is 236 g/mol. The lowest BCUT2D eigenvalue weighted by Crippen LogP contribution is -2.00. The molecule has 0 spiro atoms. The predicted molar refractivity (Wildman–Crippen MR) is 61.2 cm³/mol. The molecule has 0 atom stereocenters. The molecule has 2 N–H and O–H groups in total. The summed E-state index contributed by atoms with van der Waals surface area (Å²) in [5.41, 5.74) is 0.0209. The van der Waals surface area contributed by atoms with E-state index < -0.39 is 11.6 Å². The predicted octanol–water partition coefficient (Wildman–Crippen LogP) is 2.54. The normalized spacial score (nSPS) is 10.1. The van der Waals surface area contributed by atoms with Crippen molar-refractivity contribution in [2.24, 2.45) is 0 Å². The Morgan fingerprint density at radius 3 is 2.65 bits per heavy atom. The summed E-state index contributed by atoms with van der Waals surface area (Å²) in [5, 5.41) is 5.46. The number of anilines is 3. The fourth-order valence-electron chi connectivity index (χ4n) is 1.28. The summed E-state index contributed by atoms with van der Waals surface area (Å²) in [6.45, 7) is 0. The Balaban J connectivity index is 2.27. The van der Waals surface area contributed by atoms with Gasteiger partial charge in [0.25, 0.3) is 0 Å². The largest absolute Gasteiger partial charge is 0.372 e. The molecule has 1 aromatic carbocycles. The minimum atomic E-state index is -0.553. The van der Waals surface area contributed by atoms with Gasteiger partial charge in [0.2, 0.25) is 0 Å². The van der Waals surface area contributed by atoms with E-state index >= 15 is 0 Å². The topological polar surface area (TPSA) is 49.8 Å². The number of hydrogen-bond donors (Lipinski definition) is 2. The summed E-state index contributed by atoms with van der Waals surface area (Å²) >= 11 is 0. The van der Waals surface area contributed by atoms with Crippen molar-refractivity contribution in [2.45, 2.75) is 0 Å². The zero-order chi connectivity index (χ0) is 12.3. The van der Waals surface area contributed by atoms with Crippen molar-refractivity contribution in [1.29, 1.82) is 0 Å². The lowest BCUT2D eigenvalue weighted by atomic mass is 10.3. The van der Waals surface area contributed by atoms with E-state index in [9.17, 15) is 8.78 Å². The molecule has 1 heterocycles. The third-order valence-electron chi connectivity index (χ3n) is 2.08. The SMILES string of the molecule is CNc1cncc(Nc2cc(F)ccc2F)n1. The van der Waals surface area contributed by atoms with Crippen LogP contribution in [0.1, 0.15) is 0 Å². The first-order valence-corrected chi connectivity index (χ1v) is 4.91. The van der Waals surface area contributed by atoms with Crippen LogP contribution in [0.2, 0.25) is 0 Å². The second-order valence-corrected chi connectivity index (χ2v) is 3.29. The van der Waals surface area contributed by atoms with Crippen LogP contribution in [-0.2, 0) is 0 Å². The zero-order valence-electron chi connectivity index (χ0n) is 9.04. The second kappa shape index (κ2) is 4.73. The van der Waals surface area contributed by atoms with E-state index in [-0.39, 0.29) is 5.69 Å². The summed E-state index contributed by atoms with van der Waals surface area (Å²) in [7, 11) is 1.69. The van der Waals surface area contributed by atoms with Crippen LogP contribution in [0.5, 0.6) is 0 Å². The molecule has 0 amide bonds. The standard InChI is InChI=1S/C11H10F2N4/c1-14-10-5-15-6-11(17-10)16-9-4-7(12)2-3-8(9)13/h2-6H,1H3,(H2,14,16,17). The minimum Gasteiger partial charge on any atom is -0.372 e. The van der Waals surface area contributed by atoms with Crippen molar-refractivity contribution >= 4 is 17.3 Å². The summed E-state index contributed by atoms with van der Waals surface area (Å²) in [6.07, 6.45) is 2.94. The monoisotopic (exact) mass is 236 g/mol.